The molecule has 0 bridgehead atoms. The number of carbonyl (C=O) groups excluding carboxylic acids is 1. The molecule has 2 rings (SSSR count). The fourth-order valence-electron chi connectivity index (χ4n) is 2.53. The third-order valence-electron chi connectivity index (χ3n) is 3.81. The number of likely N-dealkylation sites (N-methyl/N-ethyl adjacent to an activating group) is 1. The van der Waals surface area contributed by atoms with Gasteiger partial charge in [-0.3, -0.25) is 23.7 Å². The molecule has 1 aliphatic heterocycles. The molecule has 3 unspecified atom stereocenters. The first kappa shape index (κ1) is 20.9. The second-order valence-electron chi connectivity index (χ2n) is 5.52. The second kappa shape index (κ2) is 8.98. The van der Waals surface area contributed by atoms with Gasteiger partial charge in [-0.25, -0.2) is 4.79 Å². The number of nitrogens with one attached hydrogen (secondary N) is 2. The first-order valence-corrected chi connectivity index (χ1v) is 10.2. The number of ether oxygens (including phenoxy) is 2. The zero-order valence-electron chi connectivity index (χ0n) is 14.0. The summed E-state index contributed by atoms with van der Waals surface area (Å²) in [6, 6.07) is 0. The normalized spacial score (nSPS) is 26.6. The number of H-pyrrole nitrogens is 1. The Bertz CT molecular complexity index is 796. The number of aromatic amines is 1. The Morgan fingerprint density at radius 2 is 2.19 bits per heavy atom. The number of rotatable bonds is 7. The molecule has 1 fully saturated rings. The Balaban J connectivity index is 2.42. The maximum Gasteiger partial charge on any atom is 0.330 e. The molecule has 0 aromatic carbocycles. The first-order chi connectivity index (χ1) is 12.3. The number of hydrogen-bond acceptors (Lipinski definition) is 8. The van der Waals surface area contributed by atoms with Crippen molar-refractivity contribution in [2.75, 3.05) is 20.3 Å². The van der Waals surface area contributed by atoms with Crippen molar-refractivity contribution in [3.8, 4) is 0 Å². The number of hydrogen-bond donors (Lipinski definition) is 4. The summed E-state index contributed by atoms with van der Waals surface area (Å²) in [6.45, 7) is 0.596. The van der Waals surface area contributed by atoms with Crippen LogP contribution < -0.4 is 16.6 Å². The van der Waals surface area contributed by atoms with Crippen molar-refractivity contribution < 1.29 is 28.5 Å². The molecule has 1 aromatic heterocycles. The minimum atomic E-state index is -2.74. The summed E-state index contributed by atoms with van der Waals surface area (Å²) < 4.78 is 28.9. The lowest BCUT2D eigenvalue weighted by Crippen LogP contribution is -2.41. The third-order valence-corrected chi connectivity index (χ3v) is 4.60. The van der Waals surface area contributed by atoms with E-state index in [9.17, 15) is 24.1 Å². The van der Waals surface area contributed by atoms with E-state index in [4.69, 9.17) is 14.0 Å². The summed E-state index contributed by atoms with van der Waals surface area (Å²) in [7, 11) is -1.32. The van der Waals surface area contributed by atoms with E-state index in [2.05, 4.69) is 22.5 Å². The lowest BCUT2D eigenvalue weighted by atomic mass is 10.1. The number of thiol groups is 1. The summed E-state index contributed by atoms with van der Waals surface area (Å²) >= 11 is 3.72. The molecule has 11 nitrogen and oxygen atoms in total. The maximum atomic E-state index is 12.2. The van der Waals surface area contributed by atoms with E-state index >= 15 is 0 Å². The Hall–Kier alpha value is -1.43. The highest BCUT2D eigenvalue weighted by Crippen LogP contribution is 2.40. The van der Waals surface area contributed by atoms with Crippen LogP contribution >= 0.6 is 19.5 Å². The summed E-state index contributed by atoms with van der Waals surface area (Å²) in [5.41, 5.74) is -1.08. The number of aromatic nitrogens is 2. The minimum Gasteiger partial charge on any atom is -0.394 e. The topological polar surface area (TPSA) is 149 Å². The zero-order chi connectivity index (χ0) is 19.4. The second-order valence-corrected chi connectivity index (χ2v) is 7.39. The van der Waals surface area contributed by atoms with Crippen molar-refractivity contribution in [2.24, 2.45) is 0 Å². The van der Waals surface area contributed by atoms with Gasteiger partial charge in [0, 0.05) is 18.8 Å². The van der Waals surface area contributed by atoms with Crippen molar-refractivity contribution in [1.29, 1.82) is 0 Å². The molecule has 0 spiro atoms. The van der Waals surface area contributed by atoms with Crippen LogP contribution in [0.5, 0.6) is 0 Å². The average molecular weight is 409 g/mol. The molecule has 2 heterocycles. The lowest BCUT2D eigenvalue weighted by Gasteiger charge is -2.24. The van der Waals surface area contributed by atoms with Crippen molar-refractivity contribution in [3.05, 3.63) is 32.6 Å². The van der Waals surface area contributed by atoms with E-state index in [1.807, 2.05) is 0 Å². The van der Waals surface area contributed by atoms with Gasteiger partial charge in [0.25, 0.3) is 5.56 Å². The van der Waals surface area contributed by atoms with E-state index in [0.717, 1.165) is 4.57 Å². The molecule has 5 atom stereocenters. The van der Waals surface area contributed by atoms with Gasteiger partial charge in [0.15, 0.2) is 6.23 Å². The summed E-state index contributed by atoms with van der Waals surface area (Å²) in [4.78, 5) is 37.4. The summed E-state index contributed by atoms with van der Waals surface area (Å²) in [5.74, 6) is -0.446. The van der Waals surface area contributed by atoms with E-state index in [0.29, 0.717) is 0 Å². The number of carbonyl (C=O) groups is 1. The van der Waals surface area contributed by atoms with Crippen LogP contribution in [0.4, 0.5) is 0 Å². The van der Waals surface area contributed by atoms with Crippen molar-refractivity contribution in [2.45, 2.75) is 31.5 Å². The van der Waals surface area contributed by atoms with Gasteiger partial charge in [0.05, 0.1) is 6.61 Å². The predicted molar refractivity (Wildman–Crippen MR) is 93.7 cm³/mol. The van der Waals surface area contributed by atoms with Crippen LogP contribution in [0.1, 0.15) is 11.8 Å². The Labute approximate surface area is 153 Å². The Morgan fingerprint density at radius 3 is 2.77 bits per heavy atom. The Morgan fingerprint density at radius 1 is 1.50 bits per heavy atom. The molecule has 1 aliphatic rings. The van der Waals surface area contributed by atoms with Crippen LogP contribution in [0, 0.1) is 6.92 Å². The van der Waals surface area contributed by atoms with Crippen molar-refractivity contribution >= 4 is 25.4 Å². The quantitative estimate of drug-likeness (QED) is 0.316. The SMILES string of the molecule is CNC(=O)COC1C(O[PH](=O)S)[C@@H](CO)O[C@H]1n1cc(C)c(=O)[nH]c1=O. The zero-order valence-corrected chi connectivity index (χ0v) is 15.9. The average Bonchev–Trinajstić information content (AvgIpc) is 2.92. The highest BCUT2D eigenvalue weighted by Gasteiger charge is 2.48. The molecule has 0 saturated carbocycles. The standard InChI is InChI=1S/C13H20N3O8PS/c1-6-3-16(13(20)15-11(6)19)12-10(22-5-8(18)14-2)9(24-25(21)26)7(4-17)23-12/h3,7,9-10,12,17,25H,4-5H2,1-2H3,(H,14,18)(H,21,26)(H,15,19,20)/t7-,9?,10?,12-/m1/s1. The Kier molecular flexibility index (Phi) is 7.21. The molecule has 1 aromatic rings. The van der Waals surface area contributed by atoms with Crippen LogP contribution in [0.25, 0.3) is 0 Å². The lowest BCUT2D eigenvalue weighted by molar-refractivity contribution is -0.132. The van der Waals surface area contributed by atoms with Crippen LogP contribution in [-0.4, -0.2) is 59.1 Å². The molecule has 13 heteroatoms. The molecule has 0 aliphatic carbocycles. The van der Waals surface area contributed by atoms with Crippen LogP contribution in [0.15, 0.2) is 15.8 Å². The van der Waals surface area contributed by atoms with E-state index in [1.165, 1.54) is 20.2 Å². The molecule has 1 saturated heterocycles. The van der Waals surface area contributed by atoms with E-state index < -0.39 is 55.5 Å². The van der Waals surface area contributed by atoms with Crippen molar-refractivity contribution in [1.82, 2.24) is 14.9 Å². The highest BCUT2D eigenvalue weighted by atomic mass is 32.7. The fourth-order valence-corrected chi connectivity index (χ4v) is 3.42. The van der Waals surface area contributed by atoms with Gasteiger partial charge in [0.1, 0.15) is 24.9 Å². The summed E-state index contributed by atoms with van der Waals surface area (Å²) in [6.07, 6.45) is -2.94. The van der Waals surface area contributed by atoms with Gasteiger partial charge in [0.2, 0.25) is 13.1 Å². The molecular weight excluding hydrogens is 389 g/mol. The number of aliphatic hydroxyl groups is 1. The van der Waals surface area contributed by atoms with E-state index in [1.54, 1.807) is 0 Å². The van der Waals surface area contributed by atoms with Crippen LogP contribution in [-0.2, 0) is 23.4 Å². The maximum absolute atomic E-state index is 12.2. The van der Waals surface area contributed by atoms with Gasteiger partial charge < -0.3 is 24.4 Å². The number of aryl methyl sites for hydroxylation is 1. The van der Waals surface area contributed by atoms with Crippen LogP contribution in [0.2, 0.25) is 0 Å². The molecule has 146 valence electrons. The van der Waals surface area contributed by atoms with Gasteiger partial charge >= 0.3 is 5.69 Å². The molecule has 3 N–H and O–H groups in total. The fraction of sp³-hybridized carbons (Fsp3) is 0.615. The first-order valence-electron chi connectivity index (χ1n) is 7.58. The van der Waals surface area contributed by atoms with Gasteiger partial charge in [-0.05, 0) is 6.92 Å². The van der Waals surface area contributed by atoms with Crippen LogP contribution in [0.3, 0.4) is 0 Å². The molecule has 26 heavy (non-hydrogen) atoms. The van der Waals surface area contributed by atoms with Crippen molar-refractivity contribution in [3.63, 3.8) is 0 Å². The predicted octanol–water partition coefficient (Wildman–Crippen LogP) is -1.43. The number of aliphatic hydroxyl groups excluding tert-OH is 1. The van der Waals surface area contributed by atoms with Gasteiger partial charge in [-0.15, -0.1) is 0 Å². The molecule has 0 radical (unpaired) electrons. The minimum absolute atomic E-state index is 0.242. The third kappa shape index (κ3) is 4.64. The van der Waals surface area contributed by atoms with E-state index in [-0.39, 0.29) is 12.2 Å². The smallest absolute Gasteiger partial charge is 0.330 e. The van der Waals surface area contributed by atoms with Gasteiger partial charge in [-0.1, -0.05) is 12.2 Å². The summed E-state index contributed by atoms with van der Waals surface area (Å²) in [5, 5.41) is 11.9. The van der Waals surface area contributed by atoms with Gasteiger partial charge in [-0.2, -0.15) is 0 Å². The number of nitrogens with zero attached hydrogens (tertiary/aromatic N) is 1. The number of amides is 1. The largest absolute Gasteiger partial charge is 0.394 e. The highest BCUT2D eigenvalue weighted by molar-refractivity contribution is 8.39. The molecular formula is C13H20N3O8PS. The monoisotopic (exact) mass is 409 g/mol. The molecule has 1 amide bonds.